The van der Waals surface area contributed by atoms with Crippen LogP contribution in [0.25, 0.3) is 0 Å². The molecule has 2 aromatic rings. The highest BCUT2D eigenvalue weighted by Gasteiger charge is 2.39. The number of nitrogens with one attached hydrogen (secondary N) is 1. The van der Waals surface area contributed by atoms with Crippen molar-refractivity contribution in [2.45, 2.75) is 6.29 Å². The van der Waals surface area contributed by atoms with Crippen molar-refractivity contribution in [3.8, 4) is 0 Å². The van der Waals surface area contributed by atoms with Crippen LogP contribution in [0.1, 0.15) is 15.9 Å². The highest BCUT2D eigenvalue weighted by atomic mass is 35.5. The summed E-state index contributed by atoms with van der Waals surface area (Å²) >= 11 is 6.26. The van der Waals surface area contributed by atoms with Crippen molar-refractivity contribution < 1.29 is 18.7 Å². The van der Waals surface area contributed by atoms with Crippen LogP contribution in [0.4, 0.5) is 10.1 Å². The van der Waals surface area contributed by atoms with Gasteiger partial charge in [-0.25, -0.2) is 4.39 Å². The molecule has 0 spiro atoms. The standard InChI is InChI=1S/C23H26ClFN6O3/c1-29-23(30-8-10-34-11-9-30)31(20(28-29)14-27-21(32)13-26)19-7-6-15(24)12-17(19)22(33)16-4-2-3-5-18(16)25/h2-7,12,23H,8-11,13-14,26H2,1H3,(H,27,32). The van der Waals surface area contributed by atoms with Gasteiger partial charge in [0.05, 0.1) is 37.6 Å². The number of ether oxygens (including phenoxy) is 1. The van der Waals surface area contributed by atoms with Crippen LogP contribution in [-0.4, -0.2) is 80.2 Å². The van der Waals surface area contributed by atoms with E-state index in [-0.39, 0.29) is 36.4 Å². The molecule has 0 radical (unpaired) electrons. The average Bonchev–Trinajstić information content (AvgIpc) is 3.18. The third-order valence-corrected chi connectivity index (χ3v) is 5.93. The van der Waals surface area contributed by atoms with Gasteiger partial charge in [0.1, 0.15) is 5.82 Å². The van der Waals surface area contributed by atoms with Gasteiger partial charge in [-0.2, -0.15) is 5.10 Å². The Kier molecular flexibility index (Phi) is 7.42. The van der Waals surface area contributed by atoms with Crippen molar-refractivity contribution in [3.05, 3.63) is 64.4 Å². The van der Waals surface area contributed by atoms with Crippen molar-refractivity contribution >= 4 is 34.8 Å². The molecule has 1 fully saturated rings. The Morgan fingerprint density at radius 2 is 1.94 bits per heavy atom. The molecule has 34 heavy (non-hydrogen) atoms. The molecule has 1 amide bonds. The molecular formula is C23H26ClFN6O3. The number of carbonyl (C=O) groups excluding carboxylic acids is 2. The van der Waals surface area contributed by atoms with E-state index >= 15 is 0 Å². The molecule has 0 aliphatic carbocycles. The Hall–Kier alpha value is -3.05. The van der Waals surface area contributed by atoms with Gasteiger partial charge in [0, 0.05) is 30.7 Å². The molecule has 11 heteroatoms. The summed E-state index contributed by atoms with van der Waals surface area (Å²) in [6.45, 7) is 2.34. The number of benzene rings is 2. The van der Waals surface area contributed by atoms with Gasteiger partial charge in [-0.1, -0.05) is 23.7 Å². The highest BCUT2D eigenvalue weighted by molar-refractivity contribution is 6.31. The van der Waals surface area contributed by atoms with E-state index in [1.54, 1.807) is 23.2 Å². The molecule has 1 atom stereocenters. The van der Waals surface area contributed by atoms with Gasteiger partial charge in [0.2, 0.25) is 5.91 Å². The van der Waals surface area contributed by atoms with Crippen molar-refractivity contribution in [2.75, 3.05) is 51.3 Å². The molecule has 180 valence electrons. The van der Waals surface area contributed by atoms with E-state index in [1.165, 1.54) is 24.3 Å². The fraction of sp³-hybridized carbons (Fsp3) is 0.348. The average molecular weight is 489 g/mol. The third kappa shape index (κ3) is 4.90. The molecular weight excluding hydrogens is 463 g/mol. The number of nitrogens with two attached hydrogens (primary N) is 1. The minimum Gasteiger partial charge on any atom is -0.379 e. The Morgan fingerprint density at radius 3 is 2.65 bits per heavy atom. The van der Waals surface area contributed by atoms with Gasteiger partial charge in [0.15, 0.2) is 17.9 Å². The van der Waals surface area contributed by atoms with Gasteiger partial charge >= 0.3 is 0 Å². The lowest BCUT2D eigenvalue weighted by atomic mass is 10.00. The first-order chi connectivity index (χ1) is 16.4. The molecule has 2 aliphatic rings. The lowest BCUT2D eigenvalue weighted by molar-refractivity contribution is -0.119. The molecule has 3 N–H and O–H groups in total. The molecule has 0 saturated carbocycles. The van der Waals surface area contributed by atoms with Crippen LogP contribution in [0.15, 0.2) is 47.6 Å². The molecule has 0 bridgehead atoms. The number of carbonyl (C=O) groups is 2. The van der Waals surface area contributed by atoms with E-state index in [0.29, 0.717) is 42.8 Å². The molecule has 4 rings (SSSR count). The van der Waals surface area contributed by atoms with Crippen LogP contribution in [0.3, 0.4) is 0 Å². The summed E-state index contributed by atoms with van der Waals surface area (Å²) in [7, 11) is 1.82. The summed E-state index contributed by atoms with van der Waals surface area (Å²) in [6.07, 6.45) is -0.387. The number of hydrogen-bond acceptors (Lipinski definition) is 8. The summed E-state index contributed by atoms with van der Waals surface area (Å²) in [6, 6.07) is 10.7. The summed E-state index contributed by atoms with van der Waals surface area (Å²) in [5.74, 6) is -0.952. The first-order valence-electron chi connectivity index (χ1n) is 10.9. The first kappa shape index (κ1) is 24.1. The zero-order chi connectivity index (χ0) is 24.2. The lowest BCUT2D eigenvalue weighted by Crippen LogP contribution is -2.57. The number of amides is 1. The quantitative estimate of drug-likeness (QED) is 0.569. The maximum atomic E-state index is 14.5. The van der Waals surface area contributed by atoms with E-state index < -0.39 is 11.6 Å². The number of halogens is 2. The van der Waals surface area contributed by atoms with Crippen molar-refractivity contribution in [2.24, 2.45) is 10.8 Å². The van der Waals surface area contributed by atoms with Gasteiger partial charge in [0.25, 0.3) is 0 Å². The molecule has 2 aliphatic heterocycles. The second kappa shape index (κ2) is 10.5. The fourth-order valence-electron chi connectivity index (χ4n) is 4.11. The van der Waals surface area contributed by atoms with E-state index in [4.69, 9.17) is 22.1 Å². The normalized spacial score (nSPS) is 18.7. The van der Waals surface area contributed by atoms with Crippen LogP contribution in [0.2, 0.25) is 5.02 Å². The van der Waals surface area contributed by atoms with Gasteiger partial charge in [-0.05, 0) is 30.3 Å². The Labute approximate surface area is 201 Å². The monoisotopic (exact) mass is 488 g/mol. The number of hydrogen-bond donors (Lipinski definition) is 2. The zero-order valence-electron chi connectivity index (χ0n) is 18.7. The van der Waals surface area contributed by atoms with Crippen molar-refractivity contribution in [1.29, 1.82) is 0 Å². The number of amidine groups is 1. The smallest absolute Gasteiger partial charge is 0.234 e. The van der Waals surface area contributed by atoms with Crippen LogP contribution in [-0.2, 0) is 9.53 Å². The molecule has 9 nitrogen and oxygen atoms in total. The lowest BCUT2D eigenvalue weighted by Gasteiger charge is -2.40. The fourth-order valence-corrected chi connectivity index (χ4v) is 4.29. The Balaban J connectivity index is 1.79. The second-order valence-corrected chi connectivity index (χ2v) is 8.34. The number of hydrazone groups is 1. The number of morpholine rings is 1. The van der Waals surface area contributed by atoms with Gasteiger partial charge < -0.3 is 15.8 Å². The number of nitrogens with zero attached hydrogens (tertiary/aromatic N) is 4. The minimum atomic E-state index is -0.620. The van der Waals surface area contributed by atoms with Crippen LogP contribution in [0, 0.1) is 5.82 Å². The highest BCUT2D eigenvalue weighted by Crippen LogP contribution is 2.33. The van der Waals surface area contributed by atoms with E-state index in [0.717, 1.165) is 0 Å². The predicted molar refractivity (Wildman–Crippen MR) is 127 cm³/mol. The Bertz CT molecular complexity index is 1110. The topological polar surface area (TPSA) is 104 Å². The molecule has 2 aromatic carbocycles. The van der Waals surface area contributed by atoms with Crippen LogP contribution < -0.4 is 16.0 Å². The largest absolute Gasteiger partial charge is 0.379 e. The summed E-state index contributed by atoms with van der Waals surface area (Å²) in [5, 5.41) is 9.49. The number of ketones is 1. The van der Waals surface area contributed by atoms with E-state index in [9.17, 15) is 14.0 Å². The third-order valence-electron chi connectivity index (χ3n) is 5.70. The maximum Gasteiger partial charge on any atom is 0.234 e. The zero-order valence-corrected chi connectivity index (χ0v) is 19.5. The van der Waals surface area contributed by atoms with E-state index in [2.05, 4.69) is 15.3 Å². The molecule has 1 unspecified atom stereocenters. The molecule has 1 saturated heterocycles. The Morgan fingerprint density at radius 1 is 1.21 bits per heavy atom. The number of anilines is 1. The summed E-state index contributed by atoms with van der Waals surface area (Å²) < 4.78 is 20.0. The SMILES string of the molecule is CN1N=C(CNC(=O)CN)N(c2ccc(Cl)cc2C(=O)c2ccccc2F)C1N1CCOCC1. The van der Waals surface area contributed by atoms with Gasteiger partial charge in [-0.3, -0.25) is 24.4 Å². The van der Waals surface area contributed by atoms with E-state index in [1.807, 2.05) is 11.9 Å². The number of rotatable bonds is 7. The first-order valence-corrected chi connectivity index (χ1v) is 11.3. The summed E-state index contributed by atoms with van der Waals surface area (Å²) in [4.78, 5) is 29.4. The van der Waals surface area contributed by atoms with Gasteiger partial charge in [-0.15, -0.1) is 0 Å². The van der Waals surface area contributed by atoms with Crippen molar-refractivity contribution in [1.82, 2.24) is 15.2 Å². The van der Waals surface area contributed by atoms with Crippen molar-refractivity contribution in [3.63, 3.8) is 0 Å². The molecule has 2 heterocycles. The molecule has 0 aromatic heterocycles. The predicted octanol–water partition coefficient (Wildman–Crippen LogP) is 1.47. The maximum absolute atomic E-state index is 14.5. The van der Waals surface area contributed by atoms with Crippen LogP contribution in [0.5, 0.6) is 0 Å². The second-order valence-electron chi connectivity index (χ2n) is 7.91. The minimum absolute atomic E-state index is 0.0589. The van der Waals surface area contributed by atoms with Crippen LogP contribution >= 0.6 is 11.6 Å². The summed E-state index contributed by atoms with van der Waals surface area (Å²) in [5.41, 5.74) is 6.11.